The van der Waals surface area contributed by atoms with Gasteiger partial charge in [0.15, 0.2) is 0 Å². The molecule has 6 nitrogen and oxygen atoms in total. The van der Waals surface area contributed by atoms with E-state index in [2.05, 4.69) is 10.1 Å². The lowest BCUT2D eigenvalue weighted by Crippen LogP contribution is -2.27. The molecule has 0 atom stereocenters. The molecular weight excluding hydrogens is 268 g/mol. The molecule has 0 unspecified atom stereocenters. The third-order valence-electron chi connectivity index (χ3n) is 3.35. The predicted octanol–water partition coefficient (Wildman–Crippen LogP) is 2.94. The highest BCUT2D eigenvalue weighted by Crippen LogP contribution is 2.43. The first-order chi connectivity index (χ1) is 9.85. The van der Waals surface area contributed by atoms with Gasteiger partial charge >= 0.3 is 6.09 Å². The molecule has 6 heteroatoms. The maximum atomic E-state index is 12.2. The van der Waals surface area contributed by atoms with Gasteiger partial charge in [-0.05, 0) is 33.6 Å². The fourth-order valence-electron chi connectivity index (χ4n) is 2.25. The van der Waals surface area contributed by atoms with Gasteiger partial charge < -0.3 is 9.30 Å². The molecule has 2 aromatic heterocycles. The van der Waals surface area contributed by atoms with Crippen LogP contribution in [0.25, 0.3) is 11.4 Å². The summed E-state index contributed by atoms with van der Waals surface area (Å²) < 4.78 is 8.60. The summed E-state index contributed by atoms with van der Waals surface area (Å²) in [7, 11) is 1.93. The minimum Gasteiger partial charge on any atom is -0.442 e. The molecule has 0 amide bonds. The second kappa shape index (κ2) is 4.72. The Bertz CT molecular complexity index is 674. The van der Waals surface area contributed by atoms with Crippen molar-refractivity contribution in [1.82, 2.24) is 19.3 Å². The highest BCUT2D eigenvalue weighted by molar-refractivity contribution is 5.73. The molecule has 2 aromatic rings. The monoisotopic (exact) mass is 288 g/mol. The second-order valence-electron chi connectivity index (χ2n) is 6.49. The van der Waals surface area contributed by atoms with Gasteiger partial charge in [-0.3, -0.25) is 0 Å². The second-order valence-corrected chi connectivity index (χ2v) is 6.49. The van der Waals surface area contributed by atoms with E-state index in [1.165, 1.54) is 4.68 Å². The Balaban J connectivity index is 1.97. The quantitative estimate of drug-likeness (QED) is 0.852. The molecule has 0 bridgehead atoms. The molecule has 1 saturated carbocycles. The standard InChI is InChI=1S/C15H20N4O2/c1-15(2,3)21-14(20)19-9-11(12(17-19)10-5-6-10)13-16-7-8-18(13)4/h7-10H,5-6H2,1-4H3. The fraction of sp³-hybridized carbons (Fsp3) is 0.533. The van der Waals surface area contributed by atoms with Crippen LogP contribution in [0.4, 0.5) is 4.79 Å². The van der Waals surface area contributed by atoms with Gasteiger partial charge in [0, 0.05) is 31.6 Å². The summed E-state index contributed by atoms with van der Waals surface area (Å²) in [6.45, 7) is 5.53. The third kappa shape index (κ3) is 2.84. The first-order valence-corrected chi connectivity index (χ1v) is 7.16. The number of aromatic nitrogens is 4. The highest BCUT2D eigenvalue weighted by Gasteiger charge is 2.32. The van der Waals surface area contributed by atoms with Crippen LogP contribution in [0.2, 0.25) is 0 Å². The molecular formula is C15H20N4O2. The molecule has 3 rings (SSSR count). The van der Waals surface area contributed by atoms with Crippen molar-refractivity contribution >= 4 is 6.09 Å². The van der Waals surface area contributed by atoms with Crippen molar-refractivity contribution in [2.75, 3.05) is 0 Å². The molecule has 0 aromatic carbocycles. The Morgan fingerprint density at radius 3 is 2.62 bits per heavy atom. The van der Waals surface area contributed by atoms with E-state index < -0.39 is 11.7 Å². The van der Waals surface area contributed by atoms with Crippen LogP contribution in [0.3, 0.4) is 0 Å². The van der Waals surface area contributed by atoms with Crippen LogP contribution in [0, 0.1) is 0 Å². The molecule has 1 aliphatic rings. The summed E-state index contributed by atoms with van der Waals surface area (Å²) >= 11 is 0. The molecule has 112 valence electrons. The van der Waals surface area contributed by atoms with Crippen LogP contribution in [0.15, 0.2) is 18.6 Å². The van der Waals surface area contributed by atoms with Crippen molar-refractivity contribution in [3.05, 3.63) is 24.3 Å². The van der Waals surface area contributed by atoms with Crippen molar-refractivity contribution in [2.24, 2.45) is 7.05 Å². The number of carbonyl (C=O) groups excluding carboxylic acids is 1. The lowest BCUT2D eigenvalue weighted by atomic mass is 10.2. The van der Waals surface area contributed by atoms with Crippen LogP contribution >= 0.6 is 0 Å². The Labute approximate surface area is 123 Å². The SMILES string of the molecule is Cn1ccnc1-c1cn(C(=O)OC(C)(C)C)nc1C1CC1. The summed E-state index contributed by atoms with van der Waals surface area (Å²) in [5, 5.41) is 4.44. The van der Waals surface area contributed by atoms with E-state index in [-0.39, 0.29) is 0 Å². The summed E-state index contributed by atoms with van der Waals surface area (Å²) in [6, 6.07) is 0. The van der Waals surface area contributed by atoms with Crippen LogP contribution in [-0.2, 0) is 11.8 Å². The molecule has 0 N–H and O–H groups in total. The van der Waals surface area contributed by atoms with Gasteiger partial charge in [0.05, 0.1) is 11.3 Å². The molecule has 0 aliphatic heterocycles. The maximum absolute atomic E-state index is 12.2. The van der Waals surface area contributed by atoms with Gasteiger partial charge in [-0.15, -0.1) is 0 Å². The number of hydrogen-bond donors (Lipinski definition) is 0. The molecule has 21 heavy (non-hydrogen) atoms. The Morgan fingerprint density at radius 1 is 1.38 bits per heavy atom. The number of imidazole rings is 1. The molecule has 2 heterocycles. The number of rotatable bonds is 2. The van der Waals surface area contributed by atoms with Crippen molar-refractivity contribution < 1.29 is 9.53 Å². The van der Waals surface area contributed by atoms with E-state index in [1.54, 1.807) is 12.4 Å². The van der Waals surface area contributed by atoms with Crippen molar-refractivity contribution in [3.8, 4) is 11.4 Å². The molecule has 0 saturated heterocycles. The zero-order valence-corrected chi connectivity index (χ0v) is 12.8. The number of hydrogen-bond acceptors (Lipinski definition) is 4. The zero-order chi connectivity index (χ0) is 15.2. The Kier molecular flexibility index (Phi) is 3.11. The molecule has 0 radical (unpaired) electrons. The van der Waals surface area contributed by atoms with E-state index >= 15 is 0 Å². The minimum atomic E-state index is -0.536. The van der Waals surface area contributed by atoms with Gasteiger partial charge in [-0.2, -0.15) is 9.78 Å². The smallest absolute Gasteiger partial charge is 0.435 e. The van der Waals surface area contributed by atoms with Gasteiger partial charge in [-0.25, -0.2) is 9.78 Å². The first-order valence-electron chi connectivity index (χ1n) is 7.16. The molecule has 1 aliphatic carbocycles. The van der Waals surface area contributed by atoms with Gasteiger partial charge in [0.2, 0.25) is 0 Å². The minimum absolute atomic E-state index is 0.431. The lowest BCUT2D eigenvalue weighted by Gasteiger charge is -2.18. The largest absolute Gasteiger partial charge is 0.442 e. The number of carbonyl (C=O) groups is 1. The van der Waals surface area contributed by atoms with Crippen molar-refractivity contribution in [3.63, 3.8) is 0 Å². The number of ether oxygens (including phenoxy) is 1. The molecule has 1 fully saturated rings. The third-order valence-corrected chi connectivity index (χ3v) is 3.35. The van der Waals surface area contributed by atoms with Gasteiger partial charge in [-0.1, -0.05) is 0 Å². The maximum Gasteiger partial charge on any atom is 0.435 e. The van der Waals surface area contributed by atoms with E-state index in [0.717, 1.165) is 29.9 Å². The summed E-state index contributed by atoms with van der Waals surface area (Å²) in [4.78, 5) is 16.5. The Hall–Kier alpha value is -2.11. The lowest BCUT2D eigenvalue weighted by molar-refractivity contribution is 0.0514. The van der Waals surface area contributed by atoms with E-state index in [9.17, 15) is 4.79 Å². The predicted molar refractivity (Wildman–Crippen MR) is 78.0 cm³/mol. The number of nitrogens with zero attached hydrogens (tertiary/aromatic N) is 4. The van der Waals surface area contributed by atoms with Crippen molar-refractivity contribution in [1.29, 1.82) is 0 Å². The van der Waals surface area contributed by atoms with E-state index in [4.69, 9.17) is 4.74 Å². The van der Waals surface area contributed by atoms with Gasteiger partial charge in [0.25, 0.3) is 0 Å². The van der Waals surface area contributed by atoms with Crippen LogP contribution in [-0.4, -0.2) is 31.0 Å². The number of aryl methyl sites for hydroxylation is 1. The van der Waals surface area contributed by atoms with Gasteiger partial charge in [0.1, 0.15) is 11.4 Å². The topological polar surface area (TPSA) is 61.9 Å². The van der Waals surface area contributed by atoms with Crippen LogP contribution in [0.5, 0.6) is 0 Å². The van der Waals surface area contributed by atoms with Crippen molar-refractivity contribution in [2.45, 2.75) is 45.1 Å². The van der Waals surface area contributed by atoms with Crippen LogP contribution in [0.1, 0.15) is 45.2 Å². The molecule has 0 spiro atoms. The summed E-state index contributed by atoms with van der Waals surface area (Å²) in [5.41, 5.74) is 1.32. The van der Waals surface area contributed by atoms with Crippen LogP contribution < -0.4 is 0 Å². The normalized spacial score (nSPS) is 15.2. The van der Waals surface area contributed by atoms with E-state index in [1.807, 2.05) is 38.6 Å². The van der Waals surface area contributed by atoms with E-state index in [0.29, 0.717) is 5.92 Å². The average Bonchev–Trinajstić information content (AvgIpc) is 2.97. The first kappa shape index (κ1) is 13.9. The summed E-state index contributed by atoms with van der Waals surface area (Å²) in [5.74, 6) is 1.26. The average molecular weight is 288 g/mol. The highest BCUT2D eigenvalue weighted by atomic mass is 16.6. The zero-order valence-electron chi connectivity index (χ0n) is 12.8. The fourth-order valence-corrected chi connectivity index (χ4v) is 2.25. The Morgan fingerprint density at radius 2 is 2.10 bits per heavy atom. The summed E-state index contributed by atoms with van der Waals surface area (Å²) in [6.07, 6.45) is 7.13.